The lowest BCUT2D eigenvalue weighted by atomic mass is 10.0. The molecule has 0 fully saturated rings. The Kier molecular flexibility index (Phi) is 2.25. The summed E-state index contributed by atoms with van der Waals surface area (Å²) in [5, 5.41) is 0. The Hall–Kier alpha value is -1.35. The van der Waals surface area contributed by atoms with Crippen LogP contribution in [0.1, 0.15) is 31.2 Å². The molecule has 2 rings (SSSR count). The van der Waals surface area contributed by atoms with Gasteiger partial charge in [-0.2, -0.15) is 0 Å². The molecule has 0 aliphatic carbocycles. The van der Waals surface area contributed by atoms with Crippen molar-refractivity contribution in [2.75, 3.05) is 0 Å². The highest BCUT2D eigenvalue weighted by atomic mass is 14.9. The fourth-order valence-electron chi connectivity index (χ4n) is 1.54. The molecule has 0 bridgehead atoms. The van der Waals surface area contributed by atoms with E-state index >= 15 is 0 Å². The lowest BCUT2D eigenvalue weighted by molar-refractivity contribution is 0.868. The third-order valence-corrected chi connectivity index (χ3v) is 2.41. The second-order valence-corrected chi connectivity index (χ2v) is 3.82. The maximum absolute atomic E-state index is 5.52. The van der Waals surface area contributed by atoms with Gasteiger partial charge >= 0.3 is 0 Å². The molecule has 0 atom stereocenters. The Balaban J connectivity index is 2.54. The highest BCUT2D eigenvalue weighted by Crippen LogP contribution is 2.19. The molecule has 1 heterocycles. The predicted octanol–water partition coefficient (Wildman–Crippen LogP) is 2.15. The first kappa shape index (κ1) is 9.21. The third-order valence-electron chi connectivity index (χ3n) is 2.41. The van der Waals surface area contributed by atoms with Crippen molar-refractivity contribution >= 4 is 11.0 Å². The molecule has 0 saturated heterocycles. The molecule has 1 aromatic heterocycles. The van der Waals surface area contributed by atoms with Gasteiger partial charge in [0.2, 0.25) is 0 Å². The van der Waals surface area contributed by atoms with Crippen molar-refractivity contribution in [2.24, 2.45) is 5.73 Å². The Bertz CT molecular complexity index is 443. The Morgan fingerprint density at radius 2 is 2.21 bits per heavy atom. The molecule has 3 nitrogen and oxygen atoms in total. The summed E-state index contributed by atoms with van der Waals surface area (Å²) < 4.78 is 0. The van der Waals surface area contributed by atoms with Gasteiger partial charge in [-0.3, -0.25) is 0 Å². The highest BCUT2D eigenvalue weighted by molar-refractivity contribution is 5.76. The molecule has 0 saturated carbocycles. The van der Waals surface area contributed by atoms with E-state index in [0.717, 1.165) is 16.9 Å². The Morgan fingerprint density at radius 3 is 2.86 bits per heavy atom. The van der Waals surface area contributed by atoms with Crippen LogP contribution in [0.5, 0.6) is 0 Å². The molecule has 0 aliphatic rings. The van der Waals surface area contributed by atoms with Crippen LogP contribution in [-0.4, -0.2) is 9.97 Å². The monoisotopic (exact) mass is 189 g/mol. The van der Waals surface area contributed by atoms with Gasteiger partial charge < -0.3 is 10.7 Å². The van der Waals surface area contributed by atoms with Gasteiger partial charge in [-0.1, -0.05) is 19.9 Å². The first-order valence-corrected chi connectivity index (χ1v) is 4.89. The van der Waals surface area contributed by atoms with Crippen molar-refractivity contribution in [1.29, 1.82) is 0 Å². The minimum atomic E-state index is 0.464. The van der Waals surface area contributed by atoms with Crippen LogP contribution in [0.4, 0.5) is 0 Å². The van der Waals surface area contributed by atoms with Crippen molar-refractivity contribution < 1.29 is 0 Å². The molecule has 14 heavy (non-hydrogen) atoms. The van der Waals surface area contributed by atoms with E-state index < -0.39 is 0 Å². The maximum atomic E-state index is 5.52. The van der Waals surface area contributed by atoms with Gasteiger partial charge in [0, 0.05) is 0 Å². The van der Waals surface area contributed by atoms with E-state index in [-0.39, 0.29) is 0 Å². The number of nitrogens with one attached hydrogen (secondary N) is 1. The molecule has 3 heteroatoms. The van der Waals surface area contributed by atoms with Gasteiger partial charge in [0.15, 0.2) is 0 Å². The zero-order valence-corrected chi connectivity index (χ0v) is 8.54. The van der Waals surface area contributed by atoms with Gasteiger partial charge in [-0.15, -0.1) is 0 Å². The lowest BCUT2D eigenvalue weighted by Gasteiger charge is -2.03. The number of hydrogen-bond acceptors (Lipinski definition) is 2. The summed E-state index contributed by atoms with van der Waals surface area (Å²) in [6, 6.07) is 6.31. The SMILES string of the molecule is CC(C)c1ccc2nc(CN)[nH]c2c1. The number of aromatic amines is 1. The average molecular weight is 189 g/mol. The van der Waals surface area contributed by atoms with Crippen LogP contribution >= 0.6 is 0 Å². The molecule has 0 spiro atoms. The number of hydrogen-bond donors (Lipinski definition) is 2. The Labute approximate surface area is 83.3 Å². The topological polar surface area (TPSA) is 54.7 Å². The Morgan fingerprint density at radius 1 is 1.43 bits per heavy atom. The molecule has 3 N–H and O–H groups in total. The molecule has 0 aliphatic heterocycles. The van der Waals surface area contributed by atoms with Gasteiger partial charge in [0.1, 0.15) is 5.82 Å². The number of aromatic nitrogens is 2. The standard InChI is InChI=1S/C11H15N3/c1-7(2)8-3-4-9-10(5-8)14-11(6-12)13-9/h3-5,7H,6,12H2,1-2H3,(H,13,14). The van der Waals surface area contributed by atoms with Crippen LogP contribution in [0.2, 0.25) is 0 Å². The quantitative estimate of drug-likeness (QED) is 0.760. The molecule has 0 radical (unpaired) electrons. The van der Waals surface area contributed by atoms with E-state index in [1.165, 1.54) is 5.56 Å². The van der Waals surface area contributed by atoms with Crippen molar-refractivity contribution in [2.45, 2.75) is 26.3 Å². The molecule has 74 valence electrons. The van der Waals surface area contributed by atoms with E-state index in [4.69, 9.17) is 5.73 Å². The zero-order valence-electron chi connectivity index (χ0n) is 8.54. The highest BCUT2D eigenvalue weighted by Gasteiger charge is 2.04. The van der Waals surface area contributed by atoms with E-state index in [0.29, 0.717) is 12.5 Å². The van der Waals surface area contributed by atoms with Crippen molar-refractivity contribution in [1.82, 2.24) is 9.97 Å². The maximum Gasteiger partial charge on any atom is 0.121 e. The molecule has 0 amide bonds. The summed E-state index contributed by atoms with van der Waals surface area (Å²) in [5.41, 5.74) is 8.92. The molecule has 2 aromatic rings. The number of rotatable bonds is 2. The van der Waals surface area contributed by atoms with Crippen LogP contribution < -0.4 is 5.73 Å². The average Bonchev–Trinajstić information content (AvgIpc) is 2.58. The van der Waals surface area contributed by atoms with Gasteiger partial charge in [0.25, 0.3) is 0 Å². The van der Waals surface area contributed by atoms with Crippen molar-refractivity contribution in [3.63, 3.8) is 0 Å². The largest absolute Gasteiger partial charge is 0.341 e. The fourth-order valence-corrected chi connectivity index (χ4v) is 1.54. The summed E-state index contributed by atoms with van der Waals surface area (Å²) in [6.07, 6.45) is 0. The van der Waals surface area contributed by atoms with Crippen LogP contribution in [0.3, 0.4) is 0 Å². The summed E-state index contributed by atoms with van der Waals surface area (Å²) in [7, 11) is 0. The number of benzene rings is 1. The lowest BCUT2D eigenvalue weighted by Crippen LogP contribution is -1.97. The number of imidazole rings is 1. The second-order valence-electron chi connectivity index (χ2n) is 3.82. The minimum Gasteiger partial charge on any atom is -0.341 e. The van der Waals surface area contributed by atoms with E-state index in [1.54, 1.807) is 0 Å². The summed E-state index contributed by atoms with van der Waals surface area (Å²) in [6.45, 7) is 4.83. The van der Waals surface area contributed by atoms with Crippen LogP contribution in [0.25, 0.3) is 11.0 Å². The summed E-state index contributed by atoms with van der Waals surface area (Å²) in [5.74, 6) is 1.39. The first-order valence-electron chi connectivity index (χ1n) is 4.89. The normalized spacial score (nSPS) is 11.4. The second kappa shape index (κ2) is 3.42. The van der Waals surface area contributed by atoms with E-state index in [2.05, 4.69) is 35.9 Å². The zero-order chi connectivity index (χ0) is 10.1. The first-order chi connectivity index (χ1) is 6.70. The predicted molar refractivity (Wildman–Crippen MR) is 58.1 cm³/mol. The molecular formula is C11H15N3. The van der Waals surface area contributed by atoms with E-state index in [1.807, 2.05) is 6.07 Å². The van der Waals surface area contributed by atoms with Gasteiger partial charge in [-0.25, -0.2) is 4.98 Å². The van der Waals surface area contributed by atoms with Gasteiger partial charge in [-0.05, 0) is 23.6 Å². The number of nitrogens with zero attached hydrogens (tertiary/aromatic N) is 1. The fraction of sp³-hybridized carbons (Fsp3) is 0.364. The molecule has 0 unspecified atom stereocenters. The van der Waals surface area contributed by atoms with E-state index in [9.17, 15) is 0 Å². The molecule has 1 aromatic carbocycles. The third kappa shape index (κ3) is 1.51. The summed E-state index contributed by atoms with van der Waals surface area (Å²) in [4.78, 5) is 7.56. The molecular weight excluding hydrogens is 174 g/mol. The number of fused-ring (bicyclic) bond motifs is 1. The minimum absolute atomic E-state index is 0.464. The smallest absolute Gasteiger partial charge is 0.121 e. The van der Waals surface area contributed by atoms with Gasteiger partial charge in [0.05, 0.1) is 17.6 Å². The van der Waals surface area contributed by atoms with Crippen LogP contribution in [0.15, 0.2) is 18.2 Å². The van der Waals surface area contributed by atoms with Crippen molar-refractivity contribution in [3.05, 3.63) is 29.6 Å². The van der Waals surface area contributed by atoms with Crippen molar-refractivity contribution in [3.8, 4) is 0 Å². The summed E-state index contributed by atoms with van der Waals surface area (Å²) >= 11 is 0. The number of H-pyrrole nitrogens is 1. The number of nitrogens with two attached hydrogens (primary N) is 1. The van der Waals surface area contributed by atoms with Crippen LogP contribution in [0, 0.1) is 0 Å². The van der Waals surface area contributed by atoms with Crippen LogP contribution in [-0.2, 0) is 6.54 Å².